The number of piperidine rings is 1. The minimum Gasteiger partial charge on any atom is -0.356 e. The summed E-state index contributed by atoms with van der Waals surface area (Å²) < 4.78 is 0. The van der Waals surface area contributed by atoms with Gasteiger partial charge >= 0.3 is 0 Å². The molecule has 2 N–H and O–H groups in total. The van der Waals surface area contributed by atoms with Gasteiger partial charge in [-0.2, -0.15) is 0 Å². The van der Waals surface area contributed by atoms with Crippen molar-refractivity contribution in [2.24, 2.45) is 0 Å². The van der Waals surface area contributed by atoms with E-state index in [1.165, 1.54) is 25.8 Å². The highest BCUT2D eigenvalue weighted by atomic mass is 16.1. The Labute approximate surface area is 118 Å². The summed E-state index contributed by atoms with van der Waals surface area (Å²) in [4.78, 5) is 14.1. The van der Waals surface area contributed by atoms with Gasteiger partial charge in [-0.1, -0.05) is 20.3 Å². The first-order valence-electron chi connectivity index (χ1n) is 7.83. The average Bonchev–Trinajstić information content (AvgIpc) is 2.36. The van der Waals surface area contributed by atoms with Crippen molar-refractivity contribution >= 4 is 5.91 Å². The fourth-order valence-corrected chi connectivity index (χ4v) is 2.56. The van der Waals surface area contributed by atoms with E-state index in [1.54, 1.807) is 0 Å². The van der Waals surface area contributed by atoms with Crippen LogP contribution in [0, 0.1) is 0 Å². The fraction of sp³-hybridized carbons (Fsp3) is 0.933. The minimum atomic E-state index is 0.167. The maximum atomic E-state index is 11.6. The lowest BCUT2D eigenvalue weighted by molar-refractivity contribution is -0.121. The van der Waals surface area contributed by atoms with Crippen LogP contribution in [0.1, 0.15) is 52.9 Å². The van der Waals surface area contributed by atoms with Gasteiger partial charge < -0.3 is 15.5 Å². The Bertz CT molecular complexity index is 256. The van der Waals surface area contributed by atoms with Crippen LogP contribution in [0.5, 0.6) is 0 Å². The predicted octanol–water partition coefficient (Wildman–Crippen LogP) is 1.76. The first-order valence-corrected chi connectivity index (χ1v) is 7.83. The topological polar surface area (TPSA) is 44.4 Å². The number of likely N-dealkylation sites (tertiary alicyclic amines) is 1. The maximum Gasteiger partial charge on any atom is 0.221 e. The molecule has 1 aliphatic rings. The lowest BCUT2D eigenvalue weighted by Gasteiger charge is -2.33. The molecule has 4 heteroatoms. The maximum absolute atomic E-state index is 11.6. The second-order valence-corrected chi connectivity index (χ2v) is 5.94. The highest BCUT2D eigenvalue weighted by Crippen LogP contribution is 2.15. The molecule has 1 amide bonds. The summed E-state index contributed by atoms with van der Waals surface area (Å²) in [6.45, 7) is 10.4. The van der Waals surface area contributed by atoms with Gasteiger partial charge in [-0.05, 0) is 32.7 Å². The van der Waals surface area contributed by atoms with Crippen LogP contribution in [0.3, 0.4) is 0 Å². The Morgan fingerprint density at radius 3 is 2.79 bits per heavy atom. The van der Waals surface area contributed by atoms with E-state index in [4.69, 9.17) is 0 Å². The molecule has 1 heterocycles. The zero-order valence-electron chi connectivity index (χ0n) is 12.9. The Kier molecular flexibility index (Phi) is 8.07. The fourth-order valence-electron chi connectivity index (χ4n) is 2.56. The van der Waals surface area contributed by atoms with E-state index in [1.807, 2.05) is 0 Å². The van der Waals surface area contributed by atoms with E-state index < -0.39 is 0 Å². The molecule has 1 fully saturated rings. The van der Waals surface area contributed by atoms with Crippen molar-refractivity contribution in [2.45, 2.75) is 65.0 Å². The molecular weight excluding hydrogens is 238 g/mol. The Morgan fingerprint density at radius 1 is 1.32 bits per heavy atom. The molecule has 1 atom stereocenters. The van der Waals surface area contributed by atoms with Crippen molar-refractivity contribution in [1.29, 1.82) is 0 Å². The van der Waals surface area contributed by atoms with Gasteiger partial charge in [0.25, 0.3) is 0 Å². The van der Waals surface area contributed by atoms with Crippen LogP contribution in [0.2, 0.25) is 0 Å². The van der Waals surface area contributed by atoms with Gasteiger partial charge in [0.05, 0.1) is 0 Å². The van der Waals surface area contributed by atoms with E-state index in [-0.39, 0.29) is 5.91 Å². The van der Waals surface area contributed by atoms with Crippen molar-refractivity contribution < 1.29 is 4.79 Å². The van der Waals surface area contributed by atoms with Crippen LogP contribution in [-0.4, -0.2) is 49.1 Å². The average molecular weight is 269 g/mol. The summed E-state index contributed by atoms with van der Waals surface area (Å²) in [7, 11) is 0. The highest BCUT2D eigenvalue weighted by Gasteiger charge is 2.17. The van der Waals surface area contributed by atoms with E-state index in [2.05, 4.69) is 36.3 Å². The Balaban J connectivity index is 1.99. The minimum absolute atomic E-state index is 0.167. The summed E-state index contributed by atoms with van der Waals surface area (Å²) in [6, 6.07) is 1.17. The SMILES string of the molecule is CC(C)NCCC(=O)NCCCN1CCCCC1C. The van der Waals surface area contributed by atoms with Gasteiger partial charge in [-0.25, -0.2) is 0 Å². The summed E-state index contributed by atoms with van der Waals surface area (Å²) in [5.41, 5.74) is 0. The van der Waals surface area contributed by atoms with Crippen LogP contribution in [0.15, 0.2) is 0 Å². The number of carbonyl (C=O) groups is 1. The molecule has 0 bridgehead atoms. The van der Waals surface area contributed by atoms with Gasteiger partial charge in [0, 0.05) is 38.1 Å². The van der Waals surface area contributed by atoms with E-state index in [0.29, 0.717) is 12.5 Å². The number of carbonyl (C=O) groups excluding carboxylic acids is 1. The van der Waals surface area contributed by atoms with Gasteiger partial charge in [0.2, 0.25) is 5.91 Å². The predicted molar refractivity (Wildman–Crippen MR) is 80.3 cm³/mol. The van der Waals surface area contributed by atoms with Crippen molar-refractivity contribution in [3.05, 3.63) is 0 Å². The van der Waals surface area contributed by atoms with Gasteiger partial charge in [-0.3, -0.25) is 4.79 Å². The van der Waals surface area contributed by atoms with Gasteiger partial charge in [-0.15, -0.1) is 0 Å². The number of rotatable bonds is 8. The lowest BCUT2D eigenvalue weighted by atomic mass is 10.0. The first-order chi connectivity index (χ1) is 9.09. The first kappa shape index (κ1) is 16.4. The molecule has 4 nitrogen and oxygen atoms in total. The third-order valence-corrected chi connectivity index (χ3v) is 3.79. The quantitative estimate of drug-likeness (QED) is 0.660. The second kappa shape index (κ2) is 9.32. The number of nitrogens with one attached hydrogen (secondary N) is 2. The zero-order chi connectivity index (χ0) is 14.1. The normalized spacial score (nSPS) is 20.7. The molecule has 19 heavy (non-hydrogen) atoms. The highest BCUT2D eigenvalue weighted by molar-refractivity contribution is 5.75. The molecule has 0 aromatic heterocycles. The molecule has 0 saturated carbocycles. The molecule has 112 valence electrons. The zero-order valence-corrected chi connectivity index (χ0v) is 12.9. The summed E-state index contributed by atoms with van der Waals surface area (Å²) in [5, 5.41) is 6.26. The molecule has 1 aliphatic heterocycles. The standard InChI is InChI=1S/C15H31N3O/c1-13(2)16-10-8-15(19)17-9-6-12-18-11-5-4-7-14(18)3/h13-14,16H,4-12H2,1-3H3,(H,17,19). The molecular formula is C15H31N3O. The molecule has 1 unspecified atom stereocenters. The molecule has 0 spiro atoms. The van der Waals surface area contributed by atoms with Crippen molar-refractivity contribution in [2.75, 3.05) is 26.2 Å². The van der Waals surface area contributed by atoms with Crippen LogP contribution < -0.4 is 10.6 Å². The monoisotopic (exact) mass is 269 g/mol. The third-order valence-electron chi connectivity index (χ3n) is 3.79. The second-order valence-electron chi connectivity index (χ2n) is 5.94. The van der Waals surface area contributed by atoms with Crippen LogP contribution in [0.4, 0.5) is 0 Å². The van der Waals surface area contributed by atoms with Crippen molar-refractivity contribution in [3.63, 3.8) is 0 Å². The summed E-state index contributed by atoms with van der Waals surface area (Å²) >= 11 is 0. The van der Waals surface area contributed by atoms with Crippen LogP contribution >= 0.6 is 0 Å². The summed E-state index contributed by atoms with van der Waals surface area (Å²) in [6.07, 6.45) is 5.67. The molecule has 1 saturated heterocycles. The van der Waals surface area contributed by atoms with Crippen molar-refractivity contribution in [3.8, 4) is 0 Å². The number of hydrogen-bond acceptors (Lipinski definition) is 3. The smallest absolute Gasteiger partial charge is 0.221 e. The van der Waals surface area contributed by atoms with Crippen LogP contribution in [0.25, 0.3) is 0 Å². The van der Waals surface area contributed by atoms with Crippen LogP contribution in [-0.2, 0) is 4.79 Å². The molecule has 0 aliphatic carbocycles. The lowest BCUT2D eigenvalue weighted by Crippen LogP contribution is -2.39. The summed E-state index contributed by atoms with van der Waals surface area (Å²) in [5.74, 6) is 0.167. The molecule has 0 radical (unpaired) electrons. The van der Waals surface area contributed by atoms with Crippen molar-refractivity contribution in [1.82, 2.24) is 15.5 Å². The number of nitrogens with zero attached hydrogens (tertiary/aromatic N) is 1. The largest absolute Gasteiger partial charge is 0.356 e. The molecule has 0 aromatic rings. The molecule has 0 aromatic carbocycles. The third kappa shape index (κ3) is 7.53. The number of hydrogen-bond donors (Lipinski definition) is 2. The molecule has 1 rings (SSSR count). The van der Waals surface area contributed by atoms with Gasteiger partial charge in [0.15, 0.2) is 0 Å². The van der Waals surface area contributed by atoms with E-state index in [9.17, 15) is 4.79 Å². The van der Waals surface area contributed by atoms with Gasteiger partial charge in [0.1, 0.15) is 0 Å². The Hall–Kier alpha value is -0.610. The number of amides is 1. The Morgan fingerprint density at radius 2 is 2.11 bits per heavy atom. The van der Waals surface area contributed by atoms with E-state index >= 15 is 0 Å². The van der Waals surface area contributed by atoms with E-state index in [0.717, 1.165) is 32.1 Å².